The van der Waals surface area contributed by atoms with Crippen molar-refractivity contribution in [3.8, 4) is 0 Å². The van der Waals surface area contributed by atoms with Crippen LogP contribution in [-0.4, -0.2) is 32.5 Å². The highest BCUT2D eigenvalue weighted by Crippen LogP contribution is 2.31. The first-order chi connectivity index (χ1) is 11.6. The average molecular weight is 326 g/mol. The molecule has 1 aliphatic heterocycles. The zero-order valence-corrected chi connectivity index (χ0v) is 13.3. The smallest absolute Gasteiger partial charge is 0.340 e. The summed E-state index contributed by atoms with van der Waals surface area (Å²) in [6, 6.07) is 7.38. The molecule has 3 heterocycles. The van der Waals surface area contributed by atoms with Crippen molar-refractivity contribution in [2.75, 3.05) is 6.54 Å². The van der Waals surface area contributed by atoms with Crippen molar-refractivity contribution in [2.24, 2.45) is 0 Å². The fraction of sp³-hybridized carbons (Fsp3) is 0.353. The number of H-pyrrole nitrogens is 2. The number of rotatable bonds is 2. The molecule has 1 amide bonds. The van der Waals surface area contributed by atoms with E-state index in [1.807, 2.05) is 25.1 Å². The highest BCUT2D eigenvalue weighted by atomic mass is 16.3. The van der Waals surface area contributed by atoms with Crippen LogP contribution in [0.25, 0.3) is 11.0 Å². The average Bonchev–Trinajstić information content (AvgIpc) is 3.21. The Morgan fingerprint density at radius 3 is 3.00 bits per heavy atom. The van der Waals surface area contributed by atoms with Crippen molar-refractivity contribution in [3.63, 3.8) is 0 Å². The molecular formula is C17H18N4O3. The van der Waals surface area contributed by atoms with Crippen molar-refractivity contribution in [1.29, 1.82) is 0 Å². The summed E-state index contributed by atoms with van der Waals surface area (Å²) >= 11 is 0. The summed E-state index contributed by atoms with van der Waals surface area (Å²) in [5, 5.41) is 7.29. The molecule has 0 bridgehead atoms. The second-order valence-corrected chi connectivity index (χ2v) is 6.18. The summed E-state index contributed by atoms with van der Waals surface area (Å²) in [5.74, 6) is 0.656. The molecule has 2 aromatic heterocycles. The highest BCUT2D eigenvalue weighted by molar-refractivity contribution is 5.96. The second kappa shape index (κ2) is 5.67. The third kappa shape index (κ3) is 2.42. The molecule has 3 aromatic rings. The standard InChI is InChI=1S/C17H18N4O3/c1-10-5-4-6-11-9-13(24-14(10)11)16(22)21-8-3-2-7-12(21)15-18-17(23)20-19-15/h4-6,9,12H,2-3,7-8H2,1H3,(H2,18,19,20,23)/t12-/m1/s1. The molecule has 2 N–H and O–H groups in total. The van der Waals surface area contributed by atoms with Crippen LogP contribution in [0.5, 0.6) is 0 Å². The van der Waals surface area contributed by atoms with Gasteiger partial charge in [0, 0.05) is 11.9 Å². The first kappa shape index (κ1) is 14.7. The van der Waals surface area contributed by atoms with Gasteiger partial charge in [0.15, 0.2) is 11.6 Å². The normalized spacial score (nSPS) is 18.2. The van der Waals surface area contributed by atoms with Gasteiger partial charge in [-0.15, -0.1) is 0 Å². The molecule has 1 fully saturated rings. The SMILES string of the molecule is Cc1cccc2cc(C(=O)N3CCCC[C@@H]3c3n[nH]c(=O)[nH]3)oc12. The summed E-state index contributed by atoms with van der Waals surface area (Å²) in [6.45, 7) is 2.58. The highest BCUT2D eigenvalue weighted by Gasteiger charge is 2.32. The molecular weight excluding hydrogens is 308 g/mol. The van der Waals surface area contributed by atoms with Gasteiger partial charge < -0.3 is 9.32 Å². The Morgan fingerprint density at radius 2 is 2.25 bits per heavy atom. The number of nitrogens with one attached hydrogen (secondary N) is 2. The molecule has 0 spiro atoms. The number of para-hydroxylation sites is 1. The fourth-order valence-electron chi connectivity index (χ4n) is 3.36. The number of benzene rings is 1. The first-order valence-electron chi connectivity index (χ1n) is 8.08. The van der Waals surface area contributed by atoms with Gasteiger partial charge in [-0.25, -0.2) is 9.89 Å². The number of carbonyl (C=O) groups excluding carboxylic acids is 1. The molecule has 7 heteroatoms. The lowest BCUT2D eigenvalue weighted by Crippen LogP contribution is -2.39. The Kier molecular flexibility index (Phi) is 3.48. The van der Waals surface area contributed by atoms with Crippen molar-refractivity contribution < 1.29 is 9.21 Å². The van der Waals surface area contributed by atoms with Crippen molar-refractivity contribution in [2.45, 2.75) is 32.2 Å². The number of aryl methyl sites for hydroxylation is 1. The minimum absolute atomic E-state index is 0.167. The number of hydrogen-bond acceptors (Lipinski definition) is 4. The monoisotopic (exact) mass is 326 g/mol. The zero-order valence-electron chi connectivity index (χ0n) is 13.3. The predicted molar refractivity (Wildman–Crippen MR) is 87.8 cm³/mol. The minimum Gasteiger partial charge on any atom is -0.451 e. The Morgan fingerprint density at radius 1 is 1.38 bits per heavy atom. The Hall–Kier alpha value is -2.83. The zero-order chi connectivity index (χ0) is 16.7. The number of hydrogen-bond donors (Lipinski definition) is 2. The van der Waals surface area contributed by atoms with E-state index in [1.54, 1.807) is 11.0 Å². The first-order valence-corrected chi connectivity index (χ1v) is 8.08. The number of nitrogens with zero attached hydrogens (tertiary/aromatic N) is 2. The van der Waals surface area contributed by atoms with Gasteiger partial charge in [0.05, 0.1) is 6.04 Å². The lowest BCUT2D eigenvalue weighted by atomic mass is 10.0. The van der Waals surface area contributed by atoms with Crippen LogP contribution >= 0.6 is 0 Å². The third-order valence-corrected chi connectivity index (χ3v) is 4.55. The van der Waals surface area contributed by atoms with Gasteiger partial charge in [-0.05, 0) is 37.8 Å². The topological polar surface area (TPSA) is 95.0 Å². The summed E-state index contributed by atoms with van der Waals surface area (Å²) in [5.41, 5.74) is 1.38. The molecule has 7 nitrogen and oxygen atoms in total. The van der Waals surface area contributed by atoms with E-state index in [0.717, 1.165) is 35.8 Å². The van der Waals surface area contributed by atoms with Crippen LogP contribution in [0.2, 0.25) is 0 Å². The lowest BCUT2D eigenvalue weighted by Gasteiger charge is -2.33. The number of aromatic amines is 2. The Balaban J connectivity index is 1.70. The molecule has 4 rings (SSSR count). The van der Waals surface area contributed by atoms with Crippen molar-refractivity contribution in [3.05, 3.63) is 51.9 Å². The number of furan rings is 1. The number of piperidine rings is 1. The van der Waals surface area contributed by atoms with Crippen LogP contribution in [0.1, 0.15) is 47.2 Å². The molecule has 1 saturated heterocycles. The van der Waals surface area contributed by atoms with E-state index in [1.165, 1.54) is 0 Å². The number of amides is 1. The summed E-state index contributed by atoms with van der Waals surface area (Å²) in [4.78, 5) is 28.7. The van der Waals surface area contributed by atoms with Crippen LogP contribution < -0.4 is 5.69 Å². The van der Waals surface area contributed by atoms with E-state index in [-0.39, 0.29) is 17.6 Å². The summed E-state index contributed by atoms with van der Waals surface area (Å²) < 4.78 is 5.81. The summed E-state index contributed by atoms with van der Waals surface area (Å²) in [6.07, 6.45) is 2.69. The van der Waals surface area contributed by atoms with Crippen LogP contribution in [-0.2, 0) is 0 Å². The van der Waals surface area contributed by atoms with Gasteiger partial charge in [-0.2, -0.15) is 5.10 Å². The van der Waals surface area contributed by atoms with Crippen molar-refractivity contribution in [1.82, 2.24) is 20.1 Å². The molecule has 24 heavy (non-hydrogen) atoms. The van der Waals surface area contributed by atoms with Crippen LogP contribution in [0.3, 0.4) is 0 Å². The van der Waals surface area contributed by atoms with Gasteiger partial charge in [-0.1, -0.05) is 18.2 Å². The van der Waals surface area contributed by atoms with Crippen molar-refractivity contribution >= 4 is 16.9 Å². The molecule has 0 aliphatic carbocycles. The fourth-order valence-corrected chi connectivity index (χ4v) is 3.36. The van der Waals surface area contributed by atoms with Crippen LogP contribution in [0.15, 0.2) is 33.5 Å². The molecule has 1 aromatic carbocycles. The van der Waals surface area contributed by atoms with E-state index in [4.69, 9.17) is 4.42 Å². The van der Waals surface area contributed by atoms with Crippen LogP contribution in [0, 0.1) is 6.92 Å². The van der Waals surface area contributed by atoms with E-state index in [0.29, 0.717) is 18.1 Å². The maximum atomic E-state index is 13.0. The van der Waals surface area contributed by atoms with Crippen LogP contribution in [0.4, 0.5) is 0 Å². The molecule has 1 aliphatic rings. The Bertz CT molecular complexity index is 952. The molecule has 0 unspecified atom stereocenters. The minimum atomic E-state index is -0.359. The molecule has 124 valence electrons. The molecule has 0 radical (unpaired) electrons. The number of fused-ring (bicyclic) bond motifs is 1. The quantitative estimate of drug-likeness (QED) is 0.756. The van der Waals surface area contributed by atoms with Gasteiger partial charge in [0.2, 0.25) is 0 Å². The van der Waals surface area contributed by atoms with Gasteiger partial charge >= 0.3 is 5.69 Å². The maximum absolute atomic E-state index is 13.0. The van der Waals surface area contributed by atoms with E-state index in [9.17, 15) is 9.59 Å². The number of carbonyl (C=O) groups is 1. The second-order valence-electron chi connectivity index (χ2n) is 6.18. The predicted octanol–water partition coefficient (Wildman–Crippen LogP) is 2.52. The van der Waals surface area contributed by atoms with Gasteiger partial charge in [0.25, 0.3) is 5.91 Å². The molecule has 1 atom stereocenters. The maximum Gasteiger partial charge on any atom is 0.340 e. The number of likely N-dealkylation sites (tertiary alicyclic amines) is 1. The third-order valence-electron chi connectivity index (χ3n) is 4.55. The summed E-state index contributed by atoms with van der Waals surface area (Å²) in [7, 11) is 0. The van der Waals surface area contributed by atoms with E-state index < -0.39 is 0 Å². The largest absolute Gasteiger partial charge is 0.451 e. The lowest BCUT2D eigenvalue weighted by molar-refractivity contribution is 0.0570. The molecule has 0 saturated carbocycles. The van der Waals surface area contributed by atoms with E-state index >= 15 is 0 Å². The number of aromatic nitrogens is 3. The van der Waals surface area contributed by atoms with Gasteiger partial charge in [0.1, 0.15) is 5.58 Å². The van der Waals surface area contributed by atoms with Gasteiger partial charge in [-0.3, -0.25) is 9.78 Å². The van der Waals surface area contributed by atoms with E-state index in [2.05, 4.69) is 15.2 Å². The Labute approximate surface area is 137 Å².